The van der Waals surface area contributed by atoms with E-state index in [1.165, 1.54) is 6.07 Å². The summed E-state index contributed by atoms with van der Waals surface area (Å²) in [7, 11) is 0. The van der Waals surface area contributed by atoms with Crippen molar-refractivity contribution in [2.24, 2.45) is 0 Å². The maximum absolute atomic E-state index is 14.1. The van der Waals surface area contributed by atoms with Gasteiger partial charge in [0.05, 0.1) is 23.8 Å². The van der Waals surface area contributed by atoms with E-state index in [1.807, 2.05) is 12.1 Å². The number of hydrogen-bond donors (Lipinski definition) is 2. The molecule has 5 rings (SSSR count). The Hall–Kier alpha value is -3.26. The van der Waals surface area contributed by atoms with Crippen LogP contribution in [-0.4, -0.2) is 43.0 Å². The van der Waals surface area contributed by atoms with Crippen LogP contribution in [0.1, 0.15) is 55.8 Å². The number of nitrogens with one attached hydrogen (secondary N) is 1. The maximum Gasteiger partial charge on any atom is 0.335 e. The Morgan fingerprint density at radius 2 is 2.16 bits per heavy atom. The summed E-state index contributed by atoms with van der Waals surface area (Å²) in [4.78, 5) is 16.7. The molecular formula is C24H25FN4O3. The smallest absolute Gasteiger partial charge is 0.335 e. The number of ether oxygens (including phenoxy) is 1. The molecule has 1 aliphatic heterocycles. The van der Waals surface area contributed by atoms with Gasteiger partial charge in [0.2, 0.25) is 0 Å². The first-order chi connectivity index (χ1) is 15.2. The zero-order chi connectivity index (χ0) is 22.8. The molecule has 1 aliphatic rings. The predicted octanol–water partition coefficient (Wildman–Crippen LogP) is 4.82. The lowest BCUT2D eigenvalue weighted by atomic mass is 9.88. The van der Waals surface area contributed by atoms with Crippen LogP contribution in [0.2, 0.25) is 0 Å². The molecule has 4 heterocycles. The van der Waals surface area contributed by atoms with Crippen LogP contribution < -0.4 is 0 Å². The molecule has 0 spiro atoms. The SMILES string of the molecule is Cc1cc(-n2c(C(C)C)c([C@H]3CO[C@](C)(C(=O)O)C3)c3nc4[nH]ncc4cc32)ccc1F. The van der Waals surface area contributed by atoms with Crippen LogP contribution in [0.3, 0.4) is 0 Å². The van der Waals surface area contributed by atoms with E-state index in [-0.39, 0.29) is 17.7 Å². The number of aromatic amines is 1. The van der Waals surface area contributed by atoms with Crippen LogP contribution in [0.25, 0.3) is 27.8 Å². The van der Waals surface area contributed by atoms with Crippen molar-refractivity contribution in [3.63, 3.8) is 0 Å². The average Bonchev–Trinajstić information content (AvgIpc) is 3.43. The van der Waals surface area contributed by atoms with E-state index in [9.17, 15) is 14.3 Å². The molecule has 0 unspecified atom stereocenters. The molecule has 166 valence electrons. The summed E-state index contributed by atoms with van der Waals surface area (Å²) >= 11 is 0. The summed E-state index contributed by atoms with van der Waals surface area (Å²) in [6.07, 6.45) is 2.08. The van der Waals surface area contributed by atoms with Gasteiger partial charge < -0.3 is 14.4 Å². The van der Waals surface area contributed by atoms with E-state index in [2.05, 4.69) is 28.6 Å². The quantitative estimate of drug-likeness (QED) is 0.478. The Bertz CT molecular complexity index is 1370. The fraction of sp³-hybridized carbons (Fsp3) is 0.375. The minimum Gasteiger partial charge on any atom is -0.479 e. The molecule has 4 aromatic rings. The number of aromatic nitrogens is 4. The van der Waals surface area contributed by atoms with Crippen molar-refractivity contribution in [3.05, 3.63) is 53.1 Å². The highest BCUT2D eigenvalue weighted by molar-refractivity contribution is 5.94. The van der Waals surface area contributed by atoms with Gasteiger partial charge >= 0.3 is 5.97 Å². The van der Waals surface area contributed by atoms with Gasteiger partial charge in [-0.2, -0.15) is 5.10 Å². The van der Waals surface area contributed by atoms with Gasteiger partial charge in [0, 0.05) is 28.2 Å². The minimum absolute atomic E-state index is 0.109. The van der Waals surface area contributed by atoms with E-state index in [4.69, 9.17) is 9.72 Å². The molecule has 0 radical (unpaired) electrons. The van der Waals surface area contributed by atoms with Crippen molar-refractivity contribution in [1.29, 1.82) is 0 Å². The molecule has 7 nitrogen and oxygen atoms in total. The predicted molar refractivity (Wildman–Crippen MR) is 119 cm³/mol. The molecule has 2 N–H and O–H groups in total. The maximum atomic E-state index is 14.1. The molecule has 8 heteroatoms. The highest BCUT2D eigenvalue weighted by atomic mass is 19.1. The number of aliphatic carboxylic acids is 1. The summed E-state index contributed by atoms with van der Waals surface area (Å²) in [6, 6.07) is 7.10. The third-order valence-electron chi connectivity index (χ3n) is 6.47. The summed E-state index contributed by atoms with van der Waals surface area (Å²) in [5.74, 6) is -1.24. The molecule has 0 aliphatic carbocycles. The van der Waals surface area contributed by atoms with Gasteiger partial charge in [0.1, 0.15) is 5.82 Å². The molecule has 2 atom stereocenters. The van der Waals surface area contributed by atoms with Crippen LogP contribution in [0, 0.1) is 12.7 Å². The molecule has 3 aromatic heterocycles. The molecule has 0 saturated carbocycles. The number of benzene rings is 1. The van der Waals surface area contributed by atoms with Gasteiger partial charge in [-0.1, -0.05) is 13.8 Å². The second-order valence-corrected chi connectivity index (χ2v) is 9.13. The Morgan fingerprint density at radius 1 is 1.38 bits per heavy atom. The minimum atomic E-state index is -1.24. The fourth-order valence-electron chi connectivity index (χ4n) is 4.83. The Kier molecular flexibility index (Phi) is 4.60. The molecule has 0 amide bonds. The van der Waals surface area contributed by atoms with Gasteiger partial charge in [0.15, 0.2) is 11.2 Å². The van der Waals surface area contributed by atoms with Crippen LogP contribution in [-0.2, 0) is 9.53 Å². The topological polar surface area (TPSA) is 93.0 Å². The fourth-order valence-corrected chi connectivity index (χ4v) is 4.83. The Morgan fingerprint density at radius 3 is 2.81 bits per heavy atom. The third kappa shape index (κ3) is 3.01. The number of aryl methyl sites for hydroxylation is 1. The zero-order valence-electron chi connectivity index (χ0n) is 18.4. The van der Waals surface area contributed by atoms with Gasteiger partial charge in [-0.25, -0.2) is 14.2 Å². The number of nitrogens with zero attached hydrogens (tertiary/aromatic N) is 3. The molecule has 0 bridgehead atoms. The number of carbonyl (C=O) groups is 1. The lowest BCUT2D eigenvalue weighted by Crippen LogP contribution is -2.34. The Labute approximate surface area is 184 Å². The molecule has 1 aromatic carbocycles. The molecule has 32 heavy (non-hydrogen) atoms. The summed E-state index contributed by atoms with van der Waals surface area (Å²) in [6.45, 7) is 7.87. The summed E-state index contributed by atoms with van der Waals surface area (Å²) in [5, 5.41) is 17.6. The molecule has 1 fully saturated rings. The van der Waals surface area contributed by atoms with E-state index in [0.29, 0.717) is 24.2 Å². The first-order valence-corrected chi connectivity index (χ1v) is 10.7. The number of H-pyrrole nitrogens is 1. The second-order valence-electron chi connectivity index (χ2n) is 9.13. The second kappa shape index (κ2) is 7.13. The third-order valence-corrected chi connectivity index (χ3v) is 6.47. The van der Waals surface area contributed by atoms with Crippen molar-refractivity contribution in [2.75, 3.05) is 6.61 Å². The summed E-state index contributed by atoms with van der Waals surface area (Å²) in [5.41, 5.74) is 4.51. The number of fused-ring (bicyclic) bond motifs is 2. The number of carboxylic acids is 1. The monoisotopic (exact) mass is 436 g/mol. The average molecular weight is 436 g/mol. The highest BCUT2D eigenvalue weighted by Crippen LogP contribution is 2.45. The lowest BCUT2D eigenvalue weighted by molar-refractivity contribution is -0.157. The number of carboxylic acid groups (broad SMARTS) is 1. The van der Waals surface area contributed by atoms with Gasteiger partial charge in [-0.15, -0.1) is 0 Å². The number of rotatable bonds is 4. The standard InChI is InChI=1S/C24H25FN4O3/c1-12(2)21-19(15-9-24(4,23(30)31)32-11-15)20-18(8-14-10-26-28-22(14)27-20)29(21)16-5-6-17(25)13(3)7-16/h5-8,10,12,15H,9,11H2,1-4H3,(H,30,31)(H,26,27,28)/t15-,24+/m1/s1. The van der Waals surface area contributed by atoms with E-state index in [0.717, 1.165) is 33.4 Å². The molecule has 1 saturated heterocycles. The molecular weight excluding hydrogens is 411 g/mol. The van der Waals surface area contributed by atoms with Crippen LogP contribution in [0.4, 0.5) is 4.39 Å². The number of hydrogen-bond acceptors (Lipinski definition) is 4. The van der Waals surface area contributed by atoms with Crippen molar-refractivity contribution in [3.8, 4) is 5.69 Å². The van der Waals surface area contributed by atoms with Crippen molar-refractivity contribution >= 4 is 28.0 Å². The van der Waals surface area contributed by atoms with E-state index >= 15 is 0 Å². The largest absolute Gasteiger partial charge is 0.479 e. The highest BCUT2D eigenvalue weighted by Gasteiger charge is 2.45. The van der Waals surface area contributed by atoms with Crippen LogP contribution >= 0.6 is 0 Å². The van der Waals surface area contributed by atoms with Gasteiger partial charge in [-0.05, 0) is 56.0 Å². The number of halogens is 1. The van der Waals surface area contributed by atoms with Crippen molar-refractivity contribution < 1.29 is 19.0 Å². The van der Waals surface area contributed by atoms with Crippen molar-refractivity contribution in [1.82, 2.24) is 19.7 Å². The lowest BCUT2D eigenvalue weighted by Gasteiger charge is -2.19. The summed E-state index contributed by atoms with van der Waals surface area (Å²) < 4.78 is 22.0. The first kappa shape index (κ1) is 20.6. The number of pyridine rings is 1. The van der Waals surface area contributed by atoms with Crippen molar-refractivity contribution in [2.45, 2.75) is 51.6 Å². The van der Waals surface area contributed by atoms with Crippen LogP contribution in [0.15, 0.2) is 30.5 Å². The van der Waals surface area contributed by atoms with Gasteiger partial charge in [0.25, 0.3) is 0 Å². The van der Waals surface area contributed by atoms with Gasteiger partial charge in [-0.3, -0.25) is 5.10 Å². The normalized spacial score (nSPS) is 21.2. The van der Waals surface area contributed by atoms with E-state index in [1.54, 1.807) is 26.1 Å². The Balaban J connectivity index is 1.84. The van der Waals surface area contributed by atoms with E-state index < -0.39 is 11.6 Å². The van der Waals surface area contributed by atoms with Crippen LogP contribution in [0.5, 0.6) is 0 Å². The first-order valence-electron chi connectivity index (χ1n) is 10.7. The zero-order valence-corrected chi connectivity index (χ0v) is 18.4.